The van der Waals surface area contributed by atoms with Gasteiger partial charge in [-0.3, -0.25) is 4.79 Å². The summed E-state index contributed by atoms with van der Waals surface area (Å²) < 4.78 is 27.6. The third-order valence-electron chi connectivity index (χ3n) is 1.06. The second-order valence-electron chi connectivity index (χ2n) is 1.70. The maximum atomic E-state index is 11.8. The highest BCUT2D eigenvalue weighted by atomic mass is 19.3. The zero-order valence-electron chi connectivity index (χ0n) is 5.51. The molecule has 0 saturated heterocycles. The molecule has 3 nitrogen and oxygen atoms in total. The second kappa shape index (κ2) is 4.16. The monoisotopic (exact) mass is 153 g/mol. The number of rotatable bonds is 3. The van der Waals surface area contributed by atoms with Crippen molar-refractivity contribution in [3.8, 4) is 0 Å². The molecule has 1 atom stereocenters. The SMILES string of the molecule is COC(=O)C(CN)C(F)F. The first kappa shape index (κ1) is 9.29. The number of hydrogen-bond acceptors (Lipinski definition) is 3. The number of esters is 1. The van der Waals surface area contributed by atoms with Gasteiger partial charge in [-0.1, -0.05) is 0 Å². The van der Waals surface area contributed by atoms with Crippen LogP contribution in [-0.4, -0.2) is 26.0 Å². The summed E-state index contributed by atoms with van der Waals surface area (Å²) in [5, 5.41) is 0. The fourth-order valence-corrected chi connectivity index (χ4v) is 0.453. The number of methoxy groups -OCH3 is 1. The van der Waals surface area contributed by atoms with Crippen LogP contribution in [0.5, 0.6) is 0 Å². The highest BCUT2D eigenvalue weighted by molar-refractivity contribution is 5.72. The molecule has 0 bridgehead atoms. The Bertz CT molecular complexity index is 118. The molecule has 0 aromatic rings. The molecule has 10 heavy (non-hydrogen) atoms. The molecule has 0 saturated carbocycles. The van der Waals surface area contributed by atoms with Crippen LogP contribution in [-0.2, 0) is 9.53 Å². The standard InChI is InChI=1S/C5H9F2NO2/c1-10-5(9)3(2-8)4(6)7/h3-4H,2,8H2,1H3. The smallest absolute Gasteiger partial charge is 0.315 e. The highest BCUT2D eigenvalue weighted by Crippen LogP contribution is 2.08. The molecule has 0 amide bonds. The summed E-state index contributed by atoms with van der Waals surface area (Å²) in [6, 6.07) is 0. The Balaban J connectivity index is 3.93. The molecule has 0 radical (unpaired) electrons. The first-order valence-corrected chi connectivity index (χ1v) is 2.69. The summed E-state index contributed by atoms with van der Waals surface area (Å²) >= 11 is 0. The first-order chi connectivity index (χ1) is 4.63. The van der Waals surface area contributed by atoms with Gasteiger partial charge in [0.2, 0.25) is 0 Å². The Hall–Kier alpha value is -0.710. The van der Waals surface area contributed by atoms with E-state index in [-0.39, 0.29) is 6.54 Å². The fraction of sp³-hybridized carbons (Fsp3) is 0.800. The number of ether oxygens (including phenoxy) is 1. The Morgan fingerprint density at radius 3 is 2.30 bits per heavy atom. The molecule has 0 aromatic carbocycles. The van der Waals surface area contributed by atoms with Crippen LogP contribution in [0.4, 0.5) is 8.78 Å². The Kier molecular flexibility index (Phi) is 3.87. The van der Waals surface area contributed by atoms with Crippen molar-refractivity contribution in [2.45, 2.75) is 6.43 Å². The van der Waals surface area contributed by atoms with Crippen LogP contribution in [0.15, 0.2) is 0 Å². The van der Waals surface area contributed by atoms with E-state index in [4.69, 9.17) is 5.73 Å². The van der Waals surface area contributed by atoms with Crippen LogP contribution < -0.4 is 5.73 Å². The van der Waals surface area contributed by atoms with Crippen molar-refractivity contribution in [1.29, 1.82) is 0 Å². The van der Waals surface area contributed by atoms with Crippen LogP contribution in [0.25, 0.3) is 0 Å². The summed E-state index contributed by atoms with van der Waals surface area (Å²) in [5.41, 5.74) is 4.87. The maximum absolute atomic E-state index is 11.8. The van der Waals surface area contributed by atoms with Gasteiger partial charge in [0, 0.05) is 6.54 Å². The number of nitrogens with two attached hydrogens (primary N) is 1. The predicted molar refractivity (Wildman–Crippen MR) is 30.6 cm³/mol. The largest absolute Gasteiger partial charge is 0.469 e. The summed E-state index contributed by atoms with van der Waals surface area (Å²) in [4.78, 5) is 10.4. The van der Waals surface area contributed by atoms with E-state index >= 15 is 0 Å². The molecule has 0 fully saturated rings. The van der Waals surface area contributed by atoms with Crippen LogP contribution in [0.2, 0.25) is 0 Å². The van der Waals surface area contributed by atoms with Crippen molar-refractivity contribution >= 4 is 5.97 Å². The van der Waals surface area contributed by atoms with Gasteiger partial charge in [-0.2, -0.15) is 0 Å². The van der Waals surface area contributed by atoms with Gasteiger partial charge in [0.15, 0.2) is 0 Å². The topological polar surface area (TPSA) is 52.3 Å². The zero-order chi connectivity index (χ0) is 8.15. The van der Waals surface area contributed by atoms with Crippen molar-refractivity contribution in [1.82, 2.24) is 0 Å². The third kappa shape index (κ3) is 2.26. The summed E-state index contributed by atoms with van der Waals surface area (Å²) in [6.07, 6.45) is -2.74. The number of hydrogen-bond donors (Lipinski definition) is 1. The minimum atomic E-state index is -2.74. The van der Waals surface area contributed by atoms with E-state index in [0.29, 0.717) is 0 Å². The minimum Gasteiger partial charge on any atom is -0.469 e. The van der Waals surface area contributed by atoms with Crippen molar-refractivity contribution in [3.05, 3.63) is 0 Å². The number of halogens is 2. The third-order valence-corrected chi connectivity index (χ3v) is 1.06. The molecule has 0 aliphatic heterocycles. The van der Waals surface area contributed by atoms with Gasteiger partial charge in [-0.15, -0.1) is 0 Å². The minimum absolute atomic E-state index is 0.385. The van der Waals surface area contributed by atoms with E-state index in [1.807, 2.05) is 0 Å². The van der Waals surface area contributed by atoms with Crippen LogP contribution in [0, 0.1) is 5.92 Å². The summed E-state index contributed by atoms with van der Waals surface area (Å²) in [5.74, 6) is -2.44. The van der Waals surface area contributed by atoms with Crippen molar-refractivity contribution in [2.24, 2.45) is 11.7 Å². The van der Waals surface area contributed by atoms with Gasteiger partial charge >= 0.3 is 5.97 Å². The highest BCUT2D eigenvalue weighted by Gasteiger charge is 2.27. The number of alkyl halides is 2. The maximum Gasteiger partial charge on any atom is 0.315 e. The normalized spacial score (nSPS) is 13.3. The molecule has 0 aromatic heterocycles. The molecular weight excluding hydrogens is 144 g/mol. The lowest BCUT2D eigenvalue weighted by molar-refractivity contribution is -0.150. The molecule has 0 aliphatic rings. The van der Waals surface area contributed by atoms with Crippen molar-refractivity contribution < 1.29 is 18.3 Å². The van der Waals surface area contributed by atoms with E-state index in [2.05, 4.69) is 4.74 Å². The summed E-state index contributed by atoms with van der Waals surface area (Å²) in [7, 11) is 1.05. The first-order valence-electron chi connectivity index (χ1n) is 2.69. The van der Waals surface area contributed by atoms with Gasteiger partial charge in [0.05, 0.1) is 7.11 Å². The van der Waals surface area contributed by atoms with Gasteiger partial charge < -0.3 is 10.5 Å². The van der Waals surface area contributed by atoms with E-state index in [9.17, 15) is 13.6 Å². The summed E-state index contributed by atoms with van der Waals surface area (Å²) in [6.45, 7) is -0.385. The fourth-order valence-electron chi connectivity index (χ4n) is 0.453. The molecule has 0 heterocycles. The van der Waals surface area contributed by atoms with Crippen LogP contribution in [0.3, 0.4) is 0 Å². The van der Waals surface area contributed by atoms with Gasteiger partial charge in [-0.25, -0.2) is 8.78 Å². The average molecular weight is 153 g/mol. The Morgan fingerprint density at radius 1 is 1.70 bits per heavy atom. The molecule has 1 unspecified atom stereocenters. The van der Waals surface area contributed by atoms with E-state index < -0.39 is 18.3 Å². The Morgan fingerprint density at radius 2 is 2.20 bits per heavy atom. The molecule has 0 spiro atoms. The lowest BCUT2D eigenvalue weighted by atomic mass is 10.1. The molecule has 60 valence electrons. The van der Waals surface area contributed by atoms with Crippen molar-refractivity contribution in [2.75, 3.05) is 13.7 Å². The van der Waals surface area contributed by atoms with Gasteiger partial charge in [-0.05, 0) is 0 Å². The number of carbonyl (C=O) groups is 1. The predicted octanol–water partition coefficient (Wildman–Crippen LogP) is -0.000600. The van der Waals surface area contributed by atoms with Crippen LogP contribution >= 0.6 is 0 Å². The quantitative estimate of drug-likeness (QED) is 0.580. The Labute approximate surface area is 57.1 Å². The average Bonchev–Trinajstić information content (AvgIpc) is 1.88. The zero-order valence-corrected chi connectivity index (χ0v) is 5.51. The lowest BCUT2D eigenvalue weighted by Crippen LogP contribution is -2.30. The number of carbonyl (C=O) groups excluding carboxylic acids is 1. The molecule has 0 aliphatic carbocycles. The molecular formula is C5H9F2NO2. The van der Waals surface area contributed by atoms with E-state index in [1.54, 1.807) is 0 Å². The van der Waals surface area contributed by atoms with Crippen molar-refractivity contribution in [3.63, 3.8) is 0 Å². The second-order valence-corrected chi connectivity index (χ2v) is 1.70. The van der Waals surface area contributed by atoms with E-state index in [0.717, 1.165) is 7.11 Å². The lowest BCUT2D eigenvalue weighted by Gasteiger charge is -2.09. The van der Waals surface area contributed by atoms with Gasteiger partial charge in [0.1, 0.15) is 5.92 Å². The van der Waals surface area contributed by atoms with E-state index in [1.165, 1.54) is 0 Å². The molecule has 5 heteroatoms. The van der Waals surface area contributed by atoms with Gasteiger partial charge in [0.25, 0.3) is 6.43 Å². The molecule has 2 N–H and O–H groups in total. The molecule has 0 rings (SSSR count). The van der Waals surface area contributed by atoms with Crippen LogP contribution in [0.1, 0.15) is 0 Å².